The Labute approximate surface area is 591 Å². The molecule has 0 spiro atoms. The van der Waals surface area contributed by atoms with Gasteiger partial charge in [0.05, 0.1) is 9.79 Å². The van der Waals surface area contributed by atoms with Crippen molar-refractivity contribution < 1.29 is 25.9 Å². The minimum Gasteiger partial charge on any atom is -0.744 e. The molecule has 0 aromatic heterocycles. The molecule has 6 nitrogen and oxygen atoms in total. The van der Waals surface area contributed by atoms with E-state index < -0.39 is 20.2 Å². The first kappa shape index (κ1) is 83.9. The first-order valence-electron chi connectivity index (χ1n) is 38.0. The summed E-state index contributed by atoms with van der Waals surface area (Å²) in [6, 6.07) is 18.8. The third-order valence-corrected chi connectivity index (χ3v) is 20.9. The average Bonchev–Trinajstić information content (AvgIpc) is 2.45. The van der Waals surface area contributed by atoms with Crippen molar-refractivity contribution in [2.24, 2.45) is 0 Å². The Morgan fingerprint density at radius 2 is 0.438 bits per heavy atom. The second-order valence-corrected chi connectivity index (χ2v) is 29.7. The van der Waals surface area contributed by atoms with Gasteiger partial charge >= 0.3 is 48.9 Å². The van der Waals surface area contributed by atoms with Gasteiger partial charge in [0.15, 0.2) is 0 Å². The minimum atomic E-state index is -4.52. The molecular formula is C80H134BaO6S2. The van der Waals surface area contributed by atoms with Crippen molar-refractivity contribution in [1.82, 2.24) is 0 Å². The van der Waals surface area contributed by atoms with Crippen LogP contribution in [0.2, 0.25) is 0 Å². The van der Waals surface area contributed by atoms with E-state index in [0.29, 0.717) is 10.8 Å². The van der Waals surface area contributed by atoms with Crippen LogP contribution in [0.3, 0.4) is 0 Å². The molecule has 0 fully saturated rings. The van der Waals surface area contributed by atoms with Crippen LogP contribution in [0.25, 0.3) is 21.5 Å². The van der Waals surface area contributed by atoms with E-state index in [0.717, 1.165) is 86.1 Å². The SMILES string of the molecule is CCCCCCCCCCCCCCCc1ccc2cccc(S(=O)(=O)[O-])c2c1CCCCCCCCCCCCCCC.CCCCCCCCCCCCCCCc1ccc2cccc(S(=O)(=O)[O-])c2c1CCCCCCCCCCCCCCC.[Ba+2]. The number of rotatable bonds is 58. The molecule has 0 saturated heterocycles. The van der Waals surface area contributed by atoms with Crippen LogP contribution in [0.1, 0.15) is 384 Å². The van der Waals surface area contributed by atoms with Gasteiger partial charge < -0.3 is 9.11 Å². The van der Waals surface area contributed by atoms with Crippen LogP contribution in [0, 0.1) is 0 Å². The summed E-state index contributed by atoms with van der Waals surface area (Å²) in [5.74, 6) is 0. The summed E-state index contributed by atoms with van der Waals surface area (Å²) in [6.07, 6.45) is 72.5. The van der Waals surface area contributed by atoms with Gasteiger partial charge in [-0.3, -0.25) is 0 Å². The fraction of sp³-hybridized carbons (Fsp3) is 0.750. The van der Waals surface area contributed by atoms with Crippen molar-refractivity contribution in [2.75, 3.05) is 0 Å². The zero-order valence-corrected chi connectivity index (χ0v) is 64.4. The van der Waals surface area contributed by atoms with Gasteiger partial charge in [0.2, 0.25) is 0 Å². The molecule has 0 N–H and O–H groups in total. The second-order valence-electron chi connectivity index (χ2n) is 27.0. The summed E-state index contributed by atoms with van der Waals surface area (Å²) >= 11 is 0. The number of unbranched alkanes of at least 4 members (excludes halogenated alkanes) is 48. The Balaban J connectivity index is 0.000000600. The van der Waals surface area contributed by atoms with Gasteiger partial charge in [-0.15, -0.1) is 0 Å². The maximum absolute atomic E-state index is 12.2. The molecule has 0 saturated carbocycles. The predicted molar refractivity (Wildman–Crippen MR) is 387 cm³/mol. The number of hydrogen-bond acceptors (Lipinski definition) is 6. The largest absolute Gasteiger partial charge is 2.00 e. The van der Waals surface area contributed by atoms with Gasteiger partial charge in [-0.1, -0.05) is 384 Å². The smallest absolute Gasteiger partial charge is 0.744 e. The topological polar surface area (TPSA) is 114 Å². The van der Waals surface area contributed by atoms with Crippen molar-refractivity contribution >= 4 is 90.7 Å². The van der Waals surface area contributed by atoms with Gasteiger partial charge in [-0.2, -0.15) is 0 Å². The summed E-state index contributed by atoms with van der Waals surface area (Å²) in [7, 11) is -9.05. The molecule has 0 aliphatic carbocycles. The molecular weight excluding hydrogens is 1260 g/mol. The van der Waals surface area contributed by atoms with Crippen molar-refractivity contribution in [3.63, 3.8) is 0 Å². The zero-order valence-electron chi connectivity index (χ0n) is 58.3. The third kappa shape index (κ3) is 40.1. The molecule has 0 heterocycles. The fourth-order valence-electron chi connectivity index (χ4n) is 13.7. The summed E-state index contributed by atoms with van der Waals surface area (Å²) in [5, 5.41) is 3.13. The molecule has 0 aliphatic rings. The second kappa shape index (κ2) is 56.0. The van der Waals surface area contributed by atoms with E-state index in [1.54, 1.807) is 12.1 Å². The molecule has 4 rings (SSSR count). The number of benzene rings is 4. The van der Waals surface area contributed by atoms with Gasteiger partial charge in [-0.25, -0.2) is 16.8 Å². The summed E-state index contributed by atoms with van der Waals surface area (Å²) < 4.78 is 73.4. The van der Waals surface area contributed by atoms with E-state index in [-0.39, 0.29) is 58.7 Å². The summed E-state index contributed by atoms with van der Waals surface area (Å²) in [5.41, 5.74) is 4.71. The molecule has 89 heavy (non-hydrogen) atoms. The standard InChI is InChI=1S/2C40H68O3S.Ba/c2*1-3-5-7-9-11-13-15-17-19-21-23-25-27-30-36-34-35-37-31-29-33-39(44(41,42)43)40(37)38(36)32-28-26-24-22-20-18-16-14-12-10-8-6-4-2;/h2*29,31,33-35H,3-28,30,32H2,1-2H3,(H,41,42,43);/q;;+2/p-2. The summed E-state index contributed by atoms with van der Waals surface area (Å²) in [4.78, 5) is -0.0705. The maximum Gasteiger partial charge on any atom is 2.00 e. The Morgan fingerprint density at radius 1 is 0.247 bits per heavy atom. The average molecular weight is 1390 g/mol. The number of hydrogen-bond donors (Lipinski definition) is 0. The first-order valence-corrected chi connectivity index (χ1v) is 40.8. The quantitative estimate of drug-likeness (QED) is 0.0247. The third-order valence-electron chi connectivity index (χ3n) is 19.1. The maximum atomic E-state index is 12.2. The molecule has 0 amide bonds. The van der Waals surface area contributed by atoms with Crippen molar-refractivity contribution in [1.29, 1.82) is 0 Å². The minimum absolute atomic E-state index is 0. The Bertz CT molecular complexity index is 2370. The van der Waals surface area contributed by atoms with Crippen LogP contribution < -0.4 is 0 Å². The molecule has 4 aromatic carbocycles. The normalized spacial score (nSPS) is 11.8. The van der Waals surface area contributed by atoms with Gasteiger partial charge in [0, 0.05) is 10.8 Å². The molecule has 0 unspecified atom stereocenters. The monoisotopic (exact) mass is 1390 g/mol. The van der Waals surface area contributed by atoms with E-state index in [2.05, 4.69) is 39.8 Å². The fourth-order valence-corrected chi connectivity index (χ4v) is 15.2. The molecule has 504 valence electrons. The molecule has 0 radical (unpaired) electrons. The molecule has 4 aromatic rings. The van der Waals surface area contributed by atoms with Gasteiger partial charge in [0.25, 0.3) is 0 Å². The van der Waals surface area contributed by atoms with E-state index in [1.807, 2.05) is 24.3 Å². The van der Waals surface area contributed by atoms with Crippen molar-refractivity contribution in [3.8, 4) is 0 Å². The van der Waals surface area contributed by atoms with Crippen molar-refractivity contribution in [3.05, 3.63) is 82.9 Å². The van der Waals surface area contributed by atoms with Crippen LogP contribution >= 0.6 is 0 Å². The first-order chi connectivity index (χ1) is 43.0. The summed E-state index contributed by atoms with van der Waals surface area (Å²) in [6.45, 7) is 9.10. The number of fused-ring (bicyclic) bond motifs is 2. The Hall–Kier alpha value is -1.21. The molecule has 9 heteroatoms. The van der Waals surface area contributed by atoms with E-state index >= 15 is 0 Å². The van der Waals surface area contributed by atoms with E-state index in [4.69, 9.17) is 0 Å². The molecule has 0 atom stereocenters. The van der Waals surface area contributed by atoms with E-state index in [9.17, 15) is 25.9 Å². The van der Waals surface area contributed by atoms with Crippen LogP contribution in [0.15, 0.2) is 70.5 Å². The van der Waals surface area contributed by atoms with Crippen LogP contribution in [0.5, 0.6) is 0 Å². The van der Waals surface area contributed by atoms with Crippen LogP contribution in [-0.2, 0) is 45.9 Å². The molecule has 0 bridgehead atoms. The van der Waals surface area contributed by atoms with Crippen molar-refractivity contribution in [2.45, 2.75) is 397 Å². The van der Waals surface area contributed by atoms with Gasteiger partial charge in [0.1, 0.15) is 20.2 Å². The molecule has 0 aliphatic heterocycles. The predicted octanol–water partition coefficient (Wildman–Crippen LogP) is 25.6. The number of aryl methyl sites for hydroxylation is 4. The Kier molecular flexibility index (Phi) is 52.8. The van der Waals surface area contributed by atoms with Crippen LogP contribution in [0.4, 0.5) is 0 Å². The van der Waals surface area contributed by atoms with Gasteiger partial charge in [-0.05, 0) is 96.5 Å². The zero-order chi connectivity index (χ0) is 63.4. The Morgan fingerprint density at radius 3 is 0.640 bits per heavy atom. The van der Waals surface area contributed by atoms with E-state index in [1.165, 1.54) is 319 Å². The van der Waals surface area contributed by atoms with Crippen LogP contribution in [-0.4, -0.2) is 74.8 Å².